The zero-order valence-corrected chi connectivity index (χ0v) is 14.0. The maximum absolute atomic E-state index is 4.51. The molecule has 2 aromatic heterocycles. The van der Waals surface area contributed by atoms with Gasteiger partial charge in [0.1, 0.15) is 18.0 Å². The second kappa shape index (κ2) is 6.78. The lowest BCUT2D eigenvalue weighted by atomic mass is 10.1. The van der Waals surface area contributed by atoms with Crippen LogP contribution < -0.4 is 9.80 Å². The highest BCUT2D eigenvalue weighted by Gasteiger charge is 2.22. The maximum atomic E-state index is 4.51. The van der Waals surface area contributed by atoms with Gasteiger partial charge in [-0.05, 0) is 12.8 Å². The maximum Gasteiger partial charge on any atom is 0.134 e. The van der Waals surface area contributed by atoms with Crippen LogP contribution in [0.4, 0.5) is 11.6 Å². The summed E-state index contributed by atoms with van der Waals surface area (Å²) in [6.07, 6.45) is 9.84. The van der Waals surface area contributed by atoms with E-state index in [1.54, 1.807) is 6.33 Å². The number of aromatic nitrogens is 4. The Hall–Kier alpha value is -1.76. The molecule has 6 nitrogen and oxygen atoms in total. The van der Waals surface area contributed by atoms with E-state index in [4.69, 9.17) is 0 Å². The highest BCUT2D eigenvalue weighted by molar-refractivity contribution is 7.99. The van der Waals surface area contributed by atoms with E-state index < -0.39 is 0 Å². The van der Waals surface area contributed by atoms with E-state index in [1.165, 1.54) is 11.5 Å². The Morgan fingerprint density at radius 1 is 0.957 bits per heavy atom. The molecule has 0 amide bonds. The SMILES string of the molecule is c1cn(C2CCN(c3cc(N4CCSCC4)ncn3)CC2)cn1. The highest BCUT2D eigenvalue weighted by atomic mass is 32.2. The van der Waals surface area contributed by atoms with Gasteiger partial charge in [-0.2, -0.15) is 11.8 Å². The first-order valence-corrected chi connectivity index (χ1v) is 9.43. The highest BCUT2D eigenvalue weighted by Crippen LogP contribution is 2.27. The second-order valence-corrected chi connectivity index (χ2v) is 7.29. The summed E-state index contributed by atoms with van der Waals surface area (Å²) < 4.78 is 2.23. The first-order valence-electron chi connectivity index (χ1n) is 8.27. The van der Waals surface area contributed by atoms with E-state index in [9.17, 15) is 0 Å². The Balaban J connectivity index is 1.42. The number of piperidine rings is 1. The largest absolute Gasteiger partial charge is 0.356 e. The summed E-state index contributed by atoms with van der Waals surface area (Å²) in [6, 6.07) is 2.72. The molecule has 0 spiro atoms. The lowest BCUT2D eigenvalue weighted by molar-refractivity contribution is 0.394. The lowest BCUT2D eigenvalue weighted by Crippen LogP contribution is -2.36. The van der Waals surface area contributed by atoms with Gasteiger partial charge >= 0.3 is 0 Å². The minimum absolute atomic E-state index is 0.564. The van der Waals surface area contributed by atoms with Crippen molar-refractivity contribution in [2.45, 2.75) is 18.9 Å². The minimum atomic E-state index is 0.564. The van der Waals surface area contributed by atoms with E-state index in [2.05, 4.69) is 41.6 Å². The van der Waals surface area contributed by atoms with E-state index in [1.807, 2.05) is 24.3 Å². The molecule has 7 heteroatoms. The quantitative estimate of drug-likeness (QED) is 0.859. The fraction of sp³-hybridized carbons (Fsp3) is 0.562. The summed E-state index contributed by atoms with van der Waals surface area (Å²) in [5, 5.41) is 0. The molecule has 0 bridgehead atoms. The Morgan fingerprint density at radius 3 is 2.30 bits per heavy atom. The molecule has 0 radical (unpaired) electrons. The van der Waals surface area contributed by atoms with E-state index in [-0.39, 0.29) is 0 Å². The van der Waals surface area contributed by atoms with E-state index in [0.29, 0.717) is 6.04 Å². The van der Waals surface area contributed by atoms with Gasteiger partial charge in [-0.15, -0.1) is 0 Å². The zero-order chi connectivity index (χ0) is 15.5. The number of hydrogen-bond acceptors (Lipinski definition) is 6. The third-order valence-electron chi connectivity index (χ3n) is 4.71. The monoisotopic (exact) mass is 330 g/mol. The van der Waals surface area contributed by atoms with Crippen molar-refractivity contribution < 1.29 is 0 Å². The molecule has 0 atom stereocenters. The molecule has 0 unspecified atom stereocenters. The molecule has 2 aliphatic rings. The van der Waals surface area contributed by atoms with Crippen LogP contribution in [0.2, 0.25) is 0 Å². The molecule has 23 heavy (non-hydrogen) atoms. The third kappa shape index (κ3) is 3.29. The van der Waals surface area contributed by atoms with Gasteiger partial charge in [-0.1, -0.05) is 0 Å². The molecule has 2 aromatic rings. The van der Waals surface area contributed by atoms with E-state index in [0.717, 1.165) is 50.7 Å². The van der Waals surface area contributed by atoms with Crippen LogP contribution in [0, 0.1) is 0 Å². The van der Waals surface area contributed by atoms with Crippen molar-refractivity contribution in [2.24, 2.45) is 0 Å². The van der Waals surface area contributed by atoms with Crippen LogP contribution in [0.25, 0.3) is 0 Å². The fourth-order valence-electron chi connectivity index (χ4n) is 3.35. The Morgan fingerprint density at radius 2 is 1.65 bits per heavy atom. The first-order chi connectivity index (χ1) is 11.4. The normalized spacial score (nSPS) is 20.0. The van der Waals surface area contributed by atoms with Crippen molar-refractivity contribution in [3.63, 3.8) is 0 Å². The van der Waals surface area contributed by atoms with Crippen LogP contribution in [0.1, 0.15) is 18.9 Å². The average Bonchev–Trinajstić information content (AvgIpc) is 3.17. The molecular formula is C16H22N6S. The number of imidazole rings is 1. The number of hydrogen-bond donors (Lipinski definition) is 0. The molecule has 2 fully saturated rings. The van der Waals surface area contributed by atoms with Crippen LogP contribution in [-0.4, -0.2) is 57.2 Å². The Labute approximate surface area is 140 Å². The Kier molecular flexibility index (Phi) is 4.37. The lowest BCUT2D eigenvalue weighted by Gasteiger charge is -2.34. The first kappa shape index (κ1) is 14.8. The molecule has 0 N–H and O–H groups in total. The van der Waals surface area contributed by atoms with Crippen LogP contribution in [0.3, 0.4) is 0 Å². The molecule has 0 saturated carbocycles. The third-order valence-corrected chi connectivity index (χ3v) is 5.65. The van der Waals surface area contributed by atoms with Crippen LogP contribution >= 0.6 is 11.8 Å². The van der Waals surface area contributed by atoms with Gasteiger partial charge in [0.15, 0.2) is 0 Å². The van der Waals surface area contributed by atoms with Crippen molar-refractivity contribution in [1.82, 2.24) is 19.5 Å². The van der Waals surface area contributed by atoms with Crippen molar-refractivity contribution in [2.75, 3.05) is 47.5 Å². The van der Waals surface area contributed by atoms with Gasteiger partial charge < -0.3 is 14.4 Å². The van der Waals surface area contributed by atoms with Crippen LogP contribution in [0.15, 0.2) is 31.1 Å². The Bertz CT molecular complexity index is 617. The summed E-state index contributed by atoms with van der Waals surface area (Å²) in [4.78, 5) is 17.9. The van der Waals surface area contributed by atoms with Crippen molar-refractivity contribution >= 4 is 23.4 Å². The molecular weight excluding hydrogens is 308 g/mol. The van der Waals surface area contributed by atoms with Crippen LogP contribution in [0.5, 0.6) is 0 Å². The van der Waals surface area contributed by atoms with Crippen LogP contribution in [-0.2, 0) is 0 Å². The van der Waals surface area contributed by atoms with Gasteiger partial charge in [0.2, 0.25) is 0 Å². The molecule has 4 heterocycles. The second-order valence-electron chi connectivity index (χ2n) is 6.06. The topological polar surface area (TPSA) is 50.1 Å². The molecule has 2 aliphatic heterocycles. The van der Waals surface area contributed by atoms with Gasteiger partial charge in [0.25, 0.3) is 0 Å². The smallest absolute Gasteiger partial charge is 0.134 e. The van der Waals surface area contributed by atoms with Crippen molar-refractivity contribution in [1.29, 1.82) is 0 Å². The van der Waals surface area contributed by atoms with Gasteiger partial charge in [-0.3, -0.25) is 0 Å². The predicted octanol–water partition coefficient (Wildman–Crippen LogP) is 2.07. The summed E-state index contributed by atoms with van der Waals surface area (Å²) in [7, 11) is 0. The summed E-state index contributed by atoms with van der Waals surface area (Å²) in [6.45, 7) is 4.25. The summed E-state index contributed by atoms with van der Waals surface area (Å²) in [5.74, 6) is 4.52. The number of anilines is 2. The minimum Gasteiger partial charge on any atom is -0.356 e. The summed E-state index contributed by atoms with van der Waals surface area (Å²) >= 11 is 2.02. The standard InChI is InChI=1S/C16H22N6S/c1-4-20(5-2-14(1)22-6-3-17-13-22)15-11-16(19-12-18-15)21-7-9-23-10-8-21/h3,6,11-14H,1-2,4-5,7-10H2. The van der Waals surface area contributed by atoms with Gasteiger partial charge in [-0.25, -0.2) is 15.0 Å². The van der Waals surface area contributed by atoms with Gasteiger partial charge in [0, 0.05) is 62.2 Å². The molecule has 4 rings (SSSR count). The molecule has 0 aliphatic carbocycles. The number of rotatable bonds is 3. The number of nitrogens with zero attached hydrogens (tertiary/aromatic N) is 6. The predicted molar refractivity (Wildman–Crippen MR) is 94.3 cm³/mol. The fourth-order valence-corrected chi connectivity index (χ4v) is 4.26. The molecule has 0 aromatic carbocycles. The summed E-state index contributed by atoms with van der Waals surface area (Å²) in [5.41, 5.74) is 0. The average molecular weight is 330 g/mol. The molecule has 122 valence electrons. The van der Waals surface area contributed by atoms with Crippen molar-refractivity contribution in [3.8, 4) is 0 Å². The number of thioether (sulfide) groups is 1. The van der Waals surface area contributed by atoms with Gasteiger partial charge in [0.05, 0.1) is 6.33 Å². The zero-order valence-electron chi connectivity index (χ0n) is 13.2. The van der Waals surface area contributed by atoms with E-state index >= 15 is 0 Å². The van der Waals surface area contributed by atoms with Crippen molar-refractivity contribution in [3.05, 3.63) is 31.1 Å². The molecule has 2 saturated heterocycles.